The first-order valence-corrected chi connectivity index (χ1v) is 10.1. The topological polar surface area (TPSA) is 75.5 Å². The summed E-state index contributed by atoms with van der Waals surface area (Å²) in [5, 5.41) is 4.27. The van der Waals surface area contributed by atoms with Crippen LogP contribution in [0.4, 0.5) is 0 Å². The average molecular weight is 340 g/mol. The molecule has 2 fully saturated rings. The maximum atomic E-state index is 12.8. The predicted molar refractivity (Wildman–Crippen MR) is 87.0 cm³/mol. The van der Waals surface area contributed by atoms with Gasteiger partial charge in [-0.15, -0.1) is 0 Å². The van der Waals surface area contributed by atoms with Crippen LogP contribution in [0.3, 0.4) is 0 Å². The van der Waals surface area contributed by atoms with Crippen molar-refractivity contribution < 1.29 is 13.2 Å². The summed E-state index contributed by atoms with van der Waals surface area (Å²) in [7, 11) is -3.09. The van der Waals surface area contributed by atoms with Crippen molar-refractivity contribution in [1.29, 1.82) is 0 Å². The van der Waals surface area contributed by atoms with E-state index in [-0.39, 0.29) is 29.5 Å². The number of hydrogen-bond acceptors (Lipinski definition) is 5. The van der Waals surface area contributed by atoms with Gasteiger partial charge in [0.05, 0.1) is 17.5 Å². The molecule has 0 radical (unpaired) electrons. The van der Waals surface area contributed by atoms with Gasteiger partial charge in [-0.05, 0) is 26.0 Å². The van der Waals surface area contributed by atoms with Gasteiger partial charge in [0.2, 0.25) is 0 Å². The minimum Gasteiger partial charge on any atom is -0.330 e. The van der Waals surface area contributed by atoms with Crippen molar-refractivity contribution in [1.82, 2.24) is 19.6 Å². The summed E-state index contributed by atoms with van der Waals surface area (Å²) in [5.74, 6) is 0.0728. The fourth-order valence-corrected chi connectivity index (χ4v) is 5.65. The van der Waals surface area contributed by atoms with E-state index in [0.29, 0.717) is 18.8 Å². The van der Waals surface area contributed by atoms with E-state index in [1.165, 1.54) is 0 Å². The number of sulfone groups is 1. The summed E-state index contributed by atoms with van der Waals surface area (Å²) < 4.78 is 25.9. The molecule has 2 aliphatic heterocycles. The predicted octanol–water partition coefficient (Wildman–Crippen LogP) is 0.236. The lowest BCUT2D eigenvalue weighted by molar-refractivity contribution is 0.0327. The van der Waals surface area contributed by atoms with Crippen molar-refractivity contribution in [2.75, 3.05) is 31.1 Å². The van der Waals surface area contributed by atoms with Crippen molar-refractivity contribution in [2.45, 2.75) is 38.9 Å². The van der Waals surface area contributed by atoms with Crippen molar-refractivity contribution >= 4 is 15.7 Å². The maximum Gasteiger partial charge on any atom is 0.274 e. The number of fused-ring (bicyclic) bond motifs is 1. The van der Waals surface area contributed by atoms with Crippen LogP contribution in [-0.4, -0.2) is 77.1 Å². The lowest BCUT2D eigenvalue weighted by Crippen LogP contribution is -2.60. The van der Waals surface area contributed by atoms with Crippen molar-refractivity contribution in [3.63, 3.8) is 0 Å². The number of carbonyl (C=O) groups excluding carboxylic acids is 1. The Hall–Kier alpha value is -1.41. The Morgan fingerprint density at radius 3 is 2.65 bits per heavy atom. The summed E-state index contributed by atoms with van der Waals surface area (Å²) in [6, 6.07) is 1.38. The van der Waals surface area contributed by atoms with Crippen molar-refractivity contribution in [3.8, 4) is 0 Å². The number of hydrogen-bond donors (Lipinski definition) is 0. The Bertz CT molecular complexity index is 685. The number of rotatable bonds is 4. The largest absolute Gasteiger partial charge is 0.330 e. The van der Waals surface area contributed by atoms with Gasteiger partial charge in [-0.3, -0.25) is 14.4 Å². The third-order valence-electron chi connectivity index (χ3n) is 4.75. The van der Waals surface area contributed by atoms with Crippen molar-refractivity contribution in [3.05, 3.63) is 18.0 Å². The van der Waals surface area contributed by atoms with E-state index in [0.717, 1.165) is 19.5 Å². The summed E-state index contributed by atoms with van der Waals surface area (Å²) in [5.41, 5.74) is 0.402. The quantitative estimate of drug-likeness (QED) is 0.785. The molecule has 0 saturated carbocycles. The van der Waals surface area contributed by atoms with Gasteiger partial charge in [-0.1, -0.05) is 6.92 Å². The number of aryl methyl sites for hydroxylation is 1. The first kappa shape index (κ1) is 16.4. The van der Waals surface area contributed by atoms with Crippen LogP contribution >= 0.6 is 0 Å². The zero-order chi connectivity index (χ0) is 16.6. The Balaban J connectivity index is 1.84. The first-order valence-electron chi connectivity index (χ1n) is 8.24. The second kappa shape index (κ2) is 6.24. The van der Waals surface area contributed by atoms with Gasteiger partial charge in [0.25, 0.3) is 5.91 Å². The van der Waals surface area contributed by atoms with E-state index in [9.17, 15) is 13.2 Å². The van der Waals surface area contributed by atoms with Crippen LogP contribution in [0.5, 0.6) is 0 Å². The van der Waals surface area contributed by atoms with Crippen LogP contribution in [0, 0.1) is 0 Å². The van der Waals surface area contributed by atoms with Gasteiger partial charge in [-0.2, -0.15) is 5.10 Å². The van der Waals surface area contributed by atoms with E-state index in [1.807, 2.05) is 6.92 Å². The molecule has 1 aromatic heterocycles. The second-order valence-electron chi connectivity index (χ2n) is 6.30. The lowest BCUT2D eigenvalue weighted by Gasteiger charge is -2.43. The Morgan fingerprint density at radius 1 is 1.26 bits per heavy atom. The van der Waals surface area contributed by atoms with Crippen LogP contribution in [0.15, 0.2) is 12.3 Å². The number of carbonyl (C=O) groups is 1. The number of aromatic nitrogens is 2. The number of nitrogens with zero attached hydrogens (tertiary/aromatic N) is 4. The van der Waals surface area contributed by atoms with Gasteiger partial charge in [0.1, 0.15) is 5.69 Å². The van der Waals surface area contributed by atoms with Crippen LogP contribution in [0.2, 0.25) is 0 Å². The fraction of sp³-hybridized carbons (Fsp3) is 0.733. The molecule has 1 amide bonds. The average Bonchev–Trinajstić information content (AvgIpc) is 3.10. The fourth-order valence-electron chi connectivity index (χ4n) is 3.64. The smallest absolute Gasteiger partial charge is 0.274 e. The standard InChI is InChI=1S/C15H24N4O3S/c1-3-6-17-8-9-19(14-11-23(21,22)10-13(14)17)15(20)12-5-7-18(4-2)16-12/h5,7,13-14H,3-4,6,8-11H2,1-2H3. The molecular formula is C15H24N4O3S. The van der Waals surface area contributed by atoms with Crippen LogP contribution < -0.4 is 0 Å². The maximum absolute atomic E-state index is 12.8. The molecule has 0 bridgehead atoms. The molecule has 0 spiro atoms. The number of piperazine rings is 1. The summed E-state index contributed by atoms with van der Waals surface area (Å²) >= 11 is 0. The molecule has 2 unspecified atom stereocenters. The molecular weight excluding hydrogens is 316 g/mol. The normalized spacial score (nSPS) is 27.1. The van der Waals surface area contributed by atoms with Crippen LogP contribution in [-0.2, 0) is 16.4 Å². The molecule has 23 heavy (non-hydrogen) atoms. The van der Waals surface area contributed by atoms with E-state index >= 15 is 0 Å². The first-order chi connectivity index (χ1) is 10.9. The highest BCUT2D eigenvalue weighted by molar-refractivity contribution is 7.91. The van der Waals surface area contributed by atoms with E-state index < -0.39 is 9.84 Å². The van der Waals surface area contributed by atoms with Gasteiger partial charge >= 0.3 is 0 Å². The minimum atomic E-state index is -3.09. The molecule has 3 rings (SSSR count). The molecule has 7 nitrogen and oxygen atoms in total. The van der Waals surface area contributed by atoms with Gasteiger partial charge in [0.15, 0.2) is 9.84 Å². The molecule has 3 heterocycles. The SMILES string of the molecule is CCCN1CCN(C(=O)c2ccn(CC)n2)C2CS(=O)(=O)CC21. The molecule has 0 N–H and O–H groups in total. The van der Waals surface area contributed by atoms with E-state index in [4.69, 9.17) is 0 Å². The molecule has 2 aliphatic rings. The van der Waals surface area contributed by atoms with Crippen molar-refractivity contribution in [2.24, 2.45) is 0 Å². The molecule has 128 valence electrons. The molecule has 1 aromatic rings. The highest BCUT2D eigenvalue weighted by Gasteiger charge is 2.48. The summed E-state index contributed by atoms with van der Waals surface area (Å²) in [6.45, 7) is 6.93. The minimum absolute atomic E-state index is 0.0676. The van der Waals surface area contributed by atoms with Gasteiger partial charge in [0, 0.05) is 31.9 Å². The zero-order valence-electron chi connectivity index (χ0n) is 13.7. The lowest BCUT2D eigenvalue weighted by atomic mass is 10.0. The highest BCUT2D eigenvalue weighted by atomic mass is 32.2. The molecule has 8 heteroatoms. The molecule has 0 aromatic carbocycles. The monoisotopic (exact) mass is 340 g/mol. The Morgan fingerprint density at radius 2 is 2.00 bits per heavy atom. The Labute approximate surface area is 137 Å². The van der Waals surface area contributed by atoms with Crippen LogP contribution in [0.25, 0.3) is 0 Å². The summed E-state index contributed by atoms with van der Waals surface area (Å²) in [6.07, 6.45) is 2.77. The molecule has 0 aliphatic carbocycles. The zero-order valence-corrected chi connectivity index (χ0v) is 14.5. The third kappa shape index (κ3) is 3.14. The molecule has 2 atom stereocenters. The van der Waals surface area contributed by atoms with Gasteiger partial charge in [-0.25, -0.2) is 8.42 Å². The number of amides is 1. The van der Waals surface area contributed by atoms with Crippen LogP contribution in [0.1, 0.15) is 30.8 Å². The van der Waals surface area contributed by atoms with E-state index in [2.05, 4.69) is 16.9 Å². The Kier molecular flexibility index (Phi) is 4.46. The second-order valence-corrected chi connectivity index (χ2v) is 8.46. The molecule has 2 saturated heterocycles. The highest BCUT2D eigenvalue weighted by Crippen LogP contribution is 2.28. The third-order valence-corrected chi connectivity index (χ3v) is 6.45. The van der Waals surface area contributed by atoms with Gasteiger partial charge < -0.3 is 4.90 Å². The van der Waals surface area contributed by atoms with E-state index in [1.54, 1.807) is 21.8 Å². The summed E-state index contributed by atoms with van der Waals surface area (Å²) in [4.78, 5) is 16.7.